The lowest BCUT2D eigenvalue weighted by atomic mass is 10.1. The molecule has 0 aliphatic carbocycles. The van der Waals surface area contributed by atoms with Crippen molar-refractivity contribution in [3.05, 3.63) is 69.9 Å². The van der Waals surface area contributed by atoms with Crippen LogP contribution in [0.1, 0.15) is 17.4 Å². The van der Waals surface area contributed by atoms with E-state index in [4.69, 9.17) is 16.3 Å². The molecule has 2 aromatic heterocycles. The van der Waals surface area contributed by atoms with Crippen molar-refractivity contribution in [1.29, 1.82) is 0 Å². The van der Waals surface area contributed by atoms with E-state index in [1.165, 1.54) is 19.2 Å². The summed E-state index contributed by atoms with van der Waals surface area (Å²) < 4.78 is 5.13. The van der Waals surface area contributed by atoms with Crippen molar-refractivity contribution in [1.82, 2.24) is 9.97 Å². The molecular weight excluding hydrogens is 358 g/mol. The van der Waals surface area contributed by atoms with Gasteiger partial charge in [0.1, 0.15) is 5.69 Å². The van der Waals surface area contributed by atoms with Crippen molar-refractivity contribution in [2.75, 3.05) is 5.32 Å². The zero-order valence-corrected chi connectivity index (χ0v) is 14.4. The smallest absolute Gasteiger partial charge is 0.355 e. The molecular formula is C18H14ClN3O4. The van der Waals surface area contributed by atoms with Crippen molar-refractivity contribution < 1.29 is 14.3 Å². The molecule has 1 aromatic carbocycles. The highest BCUT2D eigenvalue weighted by molar-refractivity contribution is 6.32. The number of aromatic nitrogens is 2. The van der Waals surface area contributed by atoms with Gasteiger partial charge in [-0.3, -0.25) is 9.59 Å². The van der Waals surface area contributed by atoms with Gasteiger partial charge in [0.15, 0.2) is 11.3 Å². The van der Waals surface area contributed by atoms with E-state index < -0.39 is 23.5 Å². The Morgan fingerprint density at radius 1 is 1.23 bits per heavy atom. The average molecular weight is 372 g/mol. The maximum atomic E-state index is 12.3. The number of amides is 1. The Bertz CT molecular complexity index is 1050. The van der Waals surface area contributed by atoms with Crippen molar-refractivity contribution in [3.63, 3.8) is 0 Å². The van der Waals surface area contributed by atoms with Gasteiger partial charge in [-0.05, 0) is 36.6 Å². The molecule has 0 fully saturated rings. The van der Waals surface area contributed by atoms with E-state index in [1.54, 1.807) is 36.4 Å². The number of nitrogens with one attached hydrogen (secondary N) is 2. The summed E-state index contributed by atoms with van der Waals surface area (Å²) in [5.74, 6) is -1.39. The minimum absolute atomic E-state index is 0.0345. The molecule has 0 radical (unpaired) electrons. The monoisotopic (exact) mass is 371 g/mol. The highest BCUT2D eigenvalue weighted by Gasteiger charge is 2.21. The van der Waals surface area contributed by atoms with Crippen LogP contribution in [0.3, 0.4) is 0 Å². The molecule has 26 heavy (non-hydrogen) atoms. The van der Waals surface area contributed by atoms with Gasteiger partial charge in [-0.25, -0.2) is 9.78 Å². The number of rotatable bonds is 4. The van der Waals surface area contributed by atoms with Crippen molar-refractivity contribution in [2.45, 2.75) is 13.0 Å². The second-order valence-corrected chi connectivity index (χ2v) is 5.84. The minimum atomic E-state index is -1.10. The van der Waals surface area contributed by atoms with E-state index >= 15 is 0 Å². The van der Waals surface area contributed by atoms with Crippen LogP contribution < -0.4 is 10.9 Å². The number of hydrogen-bond donors (Lipinski definition) is 2. The number of nitrogens with zero attached hydrogens (tertiary/aromatic N) is 1. The molecule has 0 aliphatic heterocycles. The van der Waals surface area contributed by atoms with Gasteiger partial charge < -0.3 is 15.0 Å². The Balaban J connectivity index is 1.74. The van der Waals surface area contributed by atoms with Gasteiger partial charge in [-0.2, -0.15) is 0 Å². The summed E-state index contributed by atoms with van der Waals surface area (Å²) in [6.45, 7) is 1.41. The SMILES string of the molecule is C[C@@H](OC(=O)c1cc2ccccc2c(=O)[nH]1)C(=O)Nc1cccnc1Cl. The molecule has 0 unspecified atom stereocenters. The highest BCUT2D eigenvalue weighted by atomic mass is 35.5. The van der Waals surface area contributed by atoms with Crippen molar-refractivity contribution >= 4 is 39.9 Å². The number of esters is 1. The average Bonchev–Trinajstić information content (AvgIpc) is 2.63. The topological polar surface area (TPSA) is 101 Å². The number of aromatic amines is 1. The Labute approximate surface area is 153 Å². The number of halogens is 1. The number of carbonyl (C=O) groups excluding carboxylic acids is 2. The van der Waals surface area contributed by atoms with Crippen LogP contribution in [0.4, 0.5) is 5.69 Å². The number of fused-ring (bicyclic) bond motifs is 1. The summed E-state index contributed by atoms with van der Waals surface area (Å²) in [6.07, 6.45) is 0.381. The predicted octanol–water partition coefficient (Wildman–Crippen LogP) is 2.76. The normalized spacial score (nSPS) is 11.8. The molecule has 0 saturated carbocycles. The molecule has 8 heteroatoms. The Morgan fingerprint density at radius 2 is 2.00 bits per heavy atom. The zero-order valence-electron chi connectivity index (χ0n) is 13.7. The largest absolute Gasteiger partial charge is 0.448 e. The van der Waals surface area contributed by atoms with Gasteiger partial charge in [0.25, 0.3) is 11.5 Å². The van der Waals surface area contributed by atoms with Crippen LogP contribution in [0, 0.1) is 0 Å². The third-order valence-electron chi connectivity index (χ3n) is 3.64. The molecule has 1 atom stereocenters. The fourth-order valence-electron chi connectivity index (χ4n) is 2.31. The van der Waals surface area contributed by atoms with Crippen LogP contribution in [0.15, 0.2) is 53.5 Å². The molecule has 3 aromatic rings. The number of pyridine rings is 2. The van der Waals surface area contributed by atoms with Crippen LogP contribution in [-0.2, 0) is 9.53 Å². The van der Waals surface area contributed by atoms with Gasteiger partial charge in [0, 0.05) is 11.6 Å². The van der Waals surface area contributed by atoms with Crippen molar-refractivity contribution in [2.24, 2.45) is 0 Å². The van der Waals surface area contributed by atoms with Gasteiger partial charge in [-0.15, -0.1) is 0 Å². The standard InChI is InChI=1S/C18H14ClN3O4/c1-10(16(23)21-13-7-4-8-20-15(13)19)26-18(25)14-9-11-5-2-3-6-12(11)17(24)22-14/h2-10H,1H3,(H,21,23)(H,22,24)/t10-/m1/s1. The second-order valence-electron chi connectivity index (χ2n) is 5.48. The van der Waals surface area contributed by atoms with E-state index in [1.807, 2.05) is 0 Å². The number of carbonyl (C=O) groups is 2. The molecule has 132 valence electrons. The maximum absolute atomic E-state index is 12.3. The van der Waals surface area contributed by atoms with E-state index in [-0.39, 0.29) is 10.8 Å². The predicted molar refractivity (Wildman–Crippen MR) is 97.3 cm³/mol. The first-order valence-corrected chi connectivity index (χ1v) is 8.08. The quantitative estimate of drug-likeness (QED) is 0.542. The van der Waals surface area contributed by atoms with Gasteiger partial charge in [0.05, 0.1) is 5.69 Å². The Kier molecular flexibility index (Phi) is 4.99. The molecule has 0 spiro atoms. The number of hydrogen-bond acceptors (Lipinski definition) is 5. The van der Waals surface area contributed by atoms with Crippen LogP contribution in [0.5, 0.6) is 0 Å². The fourth-order valence-corrected chi connectivity index (χ4v) is 2.48. The summed E-state index contributed by atoms with van der Waals surface area (Å²) >= 11 is 5.87. The number of benzene rings is 1. The molecule has 3 rings (SSSR count). The third-order valence-corrected chi connectivity index (χ3v) is 3.94. The molecule has 0 bridgehead atoms. The highest BCUT2D eigenvalue weighted by Crippen LogP contribution is 2.18. The fraction of sp³-hybridized carbons (Fsp3) is 0.111. The maximum Gasteiger partial charge on any atom is 0.355 e. The lowest BCUT2D eigenvalue weighted by Gasteiger charge is -2.14. The number of ether oxygens (including phenoxy) is 1. The first-order chi connectivity index (χ1) is 12.5. The Morgan fingerprint density at radius 3 is 2.77 bits per heavy atom. The van der Waals surface area contributed by atoms with Gasteiger partial charge in [-0.1, -0.05) is 29.8 Å². The summed E-state index contributed by atoms with van der Waals surface area (Å²) in [7, 11) is 0. The summed E-state index contributed by atoms with van der Waals surface area (Å²) in [5, 5.41) is 3.71. The lowest BCUT2D eigenvalue weighted by Crippen LogP contribution is -2.30. The van der Waals surface area contributed by atoms with Crippen LogP contribution in [0.25, 0.3) is 10.8 Å². The minimum Gasteiger partial charge on any atom is -0.448 e. The van der Waals surface area contributed by atoms with E-state index in [9.17, 15) is 14.4 Å². The first-order valence-electron chi connectivity index (χ1n) is 7.70. The third kappa shape index (κ3) is 3.73. The zero-order chi connectivity index (χ0) is 18.7. The molecule has 1 amide bonds. The van der Waals surface area contributed by atoms with Crippen LogP contribution in [0.2, 0.25) is 5.15 Å². The molecule has 0 saturated heterocycles. The summed E-state index contributed by atoms with van der Waals surface area (Å²) in [4.78, 5) is 42.8. The molecule has 7 nitrogen and oxygen atoms in total. The number of H-pyrrole nitrogens is 1. The van der Waals surface area contributed by atoms with Crippen LogP contribution >= 0.6 is 11.6 Å². The molecule has 2 heterocycles. The van der Waals surface area contributed by atoms with Crippen LogP contribution in [-0.4, -0.2) is 27.9 Å². The Hall–Kier alpha value is -3.19. The second kappa shape index (κ2) is 7.37. The van der Waals surface area contributed by atoms with E-state index in [0.29, 0.717) is 16.5 Å². The molecule has 0 aliphatic rings. The van der Waals surface area contributed by atoms with Gasteiger partial charge in [0.2, 0.25) is 0 Å². The van der Waals surface area contributed by atoms with Gasteiger partial charge >= 0.3 is 5.97 Å². The number of anilines is 1. The first kappa shape index (κ1) is 17.6. The van der Waals surface area contributed by atoms with Crippen molar-refractivity contribution in [3.8, 4) is 0 Å². The lowest BCUT2D eigenvalue weighted by molar-refractivity contribution is -0.123. The van der Waals surface area contributed by atoms with E-state index in [2.05, 4.69) is 15.3 Å². The molecule has 2 N–H and O–H groups in total. The van der Waals surface area contributed by atoms with E-state index in [0.717, 1.165) is 0 Å². The summed E-state index contributed by atoms with van der Waals surface area (Å²) in [5.41, 5.74) is -0.136. The summed E-state index contributed by atoms with van der Waals surface area (Å²) in [6, 6.07) is 11.5.